The molecule has 3 saturated heterocycles. The second-order valence-electron chi connectivity index (χ2n) is 16.5. The molecule has 0 radical (unpaired) electrons. The van der Waals surface area contributed by atoms with E-state index in [9.17, 15) is 19.5 Å². The number of thiophene rings is 1. The molecule has 3 fully saturated rings. The Balaban J connectivity index is 1.63. The van der Waals surface area contributed by atoms with Crippen molar-refractivity contribution in [3.05, 3.63) is 21.9 Å². The van der Waals surface area contributed by atoms with Gasteiger partial charge in [-0.05, 0) is 72.2 Å². The number of Topliss-reactive ketones (excluding diaryl/α,β-unsaturated/α-hetero) is 1. The van der Waals surface area contributed by atoms with Gasteiger partial charge in [-0.2, -0.15) is 0 Å². The monoisotopic (exact) mass is 784 g/mol. The lowest BCUT2D eigenvalue weighted by atomic mass is 9.66. The summed E-state index contributed by atoms with van der Waals surface area (Å²) in [6.45, 7) is 16.0. The van der Waals surface area contributed by atoms with E-state index in [0.717, 1.165) is 15.5 Å². The van der Waals surface area contributed by atoms with E-state index < -0.39 is 65.6 Å². The van der Waals surface area contributed by atoms with Crippen molar-refractivity contribution in [3.63, 3.8) is 0 Å². The molecular formula is C41H60N4O9S. The summed E-state index contributed by atoms with van der Waals surface area (Å²) >= 11 is 1.48. The average Bonchev–Trinajstić information content (AvgIpc) is 3.63. The number of ketones is 1. The van der Waals surface area contributed by atoms with Gasteiger partial charge >= 0.3 is 12.1 Å². The first-order valence-electron chi connectivity index (χ1n) is 19.5. The molecule has 4 aliphatic heterocycles. The van der Waals surface area contributed by atoms with Crippen molar-refractivity contribution >= 4 is 41.1 Å². The van der Waals surface area contributed by atoms with Gasteiger partial charge in [0.1, 0.15) is 25.2 Å². The lowest BCUT2D eigenvalue weighted by molar-refractivity contribution is -0.286. The smallest absolute Gasteiger partial charge is 0.410 e. The van der Waals surface area contributed by atoms with Crippen LogP contribution in [-0.4, -0.2) is 127 Å². The highest BCUT2D eigenvalue weighted by atomic mass is 32.1. The predicted octanol–water partition coefficient (Wildman–Crippen LogP) is 5.16. The zero-order chi connectivity index (χ0) is 40.4. The quantitative estimate of drug-likeness (QED) is 0.129. The Morgan fingerprint density at radius 3 is 2.55 bits per heavy atom. The number of fused-ring (bicyclic) bond motifs is 1. The number of nitrogens with zero attached hydrogens (tertiary/aromatic N) is 4. The molecule has 55 heavy (non-hydrogen) atoms. The Morgan fingerprint density at radius 1 is 1.15 bits per heavy atom. The predicted molar refractivity (Wildman–Crippen MR) is 210 cm³/mol. The number of ether oxygens (including phenoxy) is 4. The van der Waals surface area contributed by atoms with E-state index in [1.165, 1.54) is 18.4 Å². The van der Waals surface area contributed by atoms with Gasteiger partial charge in [-0.15, -0.1) is 11.3 Å². The summed E-state index contributed by atoms with van der Waals surface area (Å²) in [6, 6.07) is 3.14. The van der Waals surface area contributed by atoms with Crippen LogP contribution in [0.25, 0.3) is 0 Å². The van der Waals surface area contributed by atoms with Crippen molar-refractivity contribution in [1.82, 2.24) is 9.80 Å². The number of amides is 1. The number of carbonyl (C=O) groups excluding carboxylic acids is 3. The summed E-state index contributed by atoms with van der Waals surface area (Å²) in [5.74, 6) is 3.27. The molecule has 14 heteroatoms. The number of aliphatic hydroxyl groups excluding tert-OH is 1. The van der Waals surface area contributed by atoms with Crippen molar-refractivity contribution < 1.29 is 43.3 Å². The third-order valence-electron chi connectivity index (χ3n) is 12.1. The molecule has 5 heterocycles. The fraction of sp³-hybridized carbons (Fsp3) is 0.732. The molecule has 13 nitrogen and oxygen atoms in total. The third-order valence-corrected chi connectivity index (χ3v) is 13.1. The number of hydrogen-bond acceptors (Lipinski definition) is 13. The van der Waals surface area contributed by atoms with Gasteiger partial charge in [0.25, 0.3) is 0 Å². The van der Waals surface area contributed by atoms with E-state index >= 15 is 0 Å². The minimum Gasteiger partial charge on any atom is -0.458 e. The van der Waals surface area contributed by atoms with E-state index in [2.05, 4.69) is 37.8 Å². The Kier molecular flexibility index (Phi) is 13.6. The maximum Gasteiger partial charge on any atom is 0.410 e. The van der Waals surface area contributed by atoms with Crippen molar-refractivity contribution in [3.8, 4) is 11.8 Å². The second-order valence-corrected chi connectivity index (χ2v) is 17.6. The Bertz CT molecular complexity index is 1690. The molecule has 1 aromatic heterocycles. The number of aliphatic imine (C=N–C) groups is 1. The standard InChI is InChI=1S/C41H60N4O9S/c1-12-31-41(8)35-25(4)32(42-18-19-45(35)39(49)54-41)23(2)21-40(7,17-13-14-28-15-16-29(55-28)22-43-50-11)36(26(5)33(46)27(6)37(48)52-31)53-38-34(47)30(44(9)10)20-24(3)51-38/h15-16,22-27,30-31,34-36,38,47H,12,17-21H2,1-11H3/b43-22+/t23-,24-,25+,26+,27-,30+,31-,34-,35-,36-,38+,40+,41-/m1/s1. The SMILES string of the molecule is CC[C@H]1OC(=O)[C@H](C)C(=O)[C@H](C)[C@@H](O[C@@H]2O[C@H](C)C[C@H](N(C)C)[C@H]2O)[C@@](C)(CC#Cc2ccc(/C=N/OC)s2)C[C@@H](C)C2=NCCN3C(=O)O[C@@]1(C)[C@H]3[C@H]2C. The molecule has 13 atom stereocenters. The van der Waals surface area contributed by atoms with E-state index in [1.54, 1.807) is 25.0 Å². The molecule has 304 valence electrons. The maximum atomic E-state index is 14.6. The molecule has 0 aliphatic carbocycles. The molecule has 1 aromatic rings. The van der Waals surface area contributed by atoms with Gasteiger partial charge in [-0.25, -0.2) is 4.79 Å². The Labute approximate surface area is 330 Å². The van der Waals surface area contributed by atoms with Gasteiger partial charge in [-0.1, -0.05) is 51.6 Å². The van der Waals surface area contributed by atoms with Gasteiger partial charge in [-0.3, -0.25) is 19.5 Å². The van der Waals surface area contributed by atoms with Gasteiger partial charge in [0.2, 0.25) is 0 Å². The van der Waals surface area contributed by atoms with Crippen LogP contribution in [0, 0.1) is 40.9 Å². The minimum absolute atomic E-state index is 0.151. The summed E-state index contributed by atoms with van der Waals surface area (Å²) in [4.78, 5) is 57.3. The lowest BCUT2D eigenvalue weighted by Crippen LogP contribution is -2.58. The van der Waals surface area contributed by atoms with Crippen LogP contribution in [0.5, 0.6) is 0 Å². The Morgan fingerprint density at radius 2 is 1.87 bits per heavy atom. The zero-order valence-corrected chi connectivity index (χ0v) is 35.1. The molecule has 1 amide bonds. The number of aliphatic hydroxyl groups is 1. The molecule has 2 bridgehead atoms. The van der Waals surface area contributed by atoms with Crippen molar-refractivity contribution in [1.29, 1.82) is 0 Å². The van der Waals surface area contributed by atoms with Crippen molar-refractivity contribution in [2.75, 3.05) is 34.3 Å². The number of likely N-dealkylation sites (N-methyl/N-ethyl adjacent to an activating group) is 1. The van der Waals surface area contributed by atoms with Crippen LogP contribution in [0.4, 0.5) is 4.79 Å². The number of oxime groups is 1. The summed E-state index contributed by atoms with van der Waals surface area (Å²) in [5.41, 5.74) is -1.10. The van der Waals surface area contributed by atoms with Crippen LogP contribution < -0.4 is 0 Å². The fourth-order valence-electron chi connectivity index (χ4n) is 9.39. The minimum atomic E-state index is -1.17. The summed E-state index contributed by atoms with van der Waals surface area (Å²) in [7, 11) is 5.32. The highest BCUT2D eigenvalue weighted by Crippen LogP contribution is 2.46. The second kappa shape index (κ2) is 17.4. The largest absolute Gasteiger partial charge is 0.458 e. The first-order valence-corrected chi connectivity index (χ1v) is 20.4. The lowest BCUT2D eigenvalue weighted by Gasteiger charge is -2.47. The number of hydrogen-bond donors (Lipinski definition) is 1. The van der Waals surface area contributed by atoms with Crippen molar-refractivity contribution in [2.45, 2.75) is 129 Å². The van der Waals surface area contributed by atoms with Gasteiger partial charge in [0.05, 0.1) is 35.9 Å². The molecule has 0 aromatic carbocycles. The molecule has 1 N–H and O–H groups in total. The number of rotatable bonds is 7. The van der Waals surface area contributed by atoms with Crippen LogP contribution in [-0.2, 0) is 33.4 Å². The van der Waals surface area contributed by atoms with E-state index in [-0.39, 0.29) is 29.8 Å². The van der Waals surface area contributed by atoms with Crippen LogP contribution >= 0.6 is 11.3 Å². The summed E-state index contributed by atoms with van der Waals surface area (Å²) < 4.78 is 25.5. The van der Waals surface area contributed by atoms with Gasteiger partial charge in [0.15, 0.2) is 17.7 Å². The molecule has 0 saturated carbocycles. The van der Waals surface area contributed by atoms with Gasteiger partial charge < -0.3 is 33.8 Å². The van der Waals surface area contributed by atoms with Crippen LogP contribution in [0.2, 0.25) is 0 Å². The van der Waals surface area contributed by atoms with Gasteiger partial charge in [0, 0.05) is 46.8 Å². The molecule has 0 unspecified atom stereocenters. The fourth-order valence-corrected chi connectivity index (χ4v) is 10.1. The zero-order valence-electron chi connectivity index (χ0n) is 34.2. The normalized spacial score (nSPS) is 38.8. The topological polar surface area (TPSA) is 149 Å². The van der Waals surface area contributed by atoms with Crippen LogP contribution in [0.3, 0.4) is 0 Å². The van der Waals surface area contributed by atoms with E-state index in [1.807, 2.05) is 51.9 Å². The molecular weight excluding hydrogens is 725 g/mol. The maximum absolute atomic E-state index is 14.6. The van der Waals surface area contributed by atoms with Crippen LogP contribution in [0.15, 0.2) is 22.3 Å². The number of cyclic esters (lactones) is 1. The number of carbonyl (C=O) groups is 3. The molecule has 5 rings (SSSR count). The van der Waals surface area contributed by atoms with E-state index in [4.69, 9.17) is 28.8 Å². The summed E-state index contributed by atoms with van der Waals surface area (Å²) in [6.07, 6.45) is -0.977. The van der Waals surface area contributed by atoms with Crippen molar-refractivity contribution in [2.24, 2.45) is 39.2 Å². The first kappa shape index (κ1) is 42.8. The summed E-state index contributed by atoms with van der Waals surface area (Å²) in [5, 5.41) is 15.5. The van der Waals surface area contributed by atoms with E-state index in [0.29, 0.717) is 38.8 Å². The first-order chi connectivity index (χ1) is 25.9. The molecule has 0 spiro atoms. The van der Waals surface area contributed by atoms with Crippen LogP contribution in [0.1, 0.15) is 90.8 Å². The highest BCUT2D eigenvalue weighted by Gasteiger charge is 2.60. The highest BCUT2D eigenvalue weighted by molar-refractivity contribution is 7.14. The third kappa shape index (κ3) is 8.81. The molecule has 4 aliphatic rings. The number of esters is 1. The Hall–Kier alpha value is -3.35. The average molecular weight is 785 g/mol.